The summed E-state index contributed by atoms with van der Waals surface area (Å²) in [6.45, 7) is 8.59. The standard InChI is InChI=1S/C34H34BrClF3N5OSi/c1-22(42-31-27-20-23(35)21-41-30(27)43-32(36)44-31)26-16-11-17-28(34(37,38)39)29(26)40-18-19-45-46(33(2,3)4,24-12-7-5-8-13-24)25-14-9-6-10-15-25/h5-17,20-22,40H,18-19H2,1-4H3,(H,41,42,43,44)/t22-/m1/s1. The molecule has 2 N–H and O–H groups in total. The van der Waals surface area contributed by atoms with Crippen molar-refractivity contribution in [1.29, 1.82) is 0 Å². The van der Waals surface area contributed by atoms with E-state index in [1.165, 1.54) is 6.07 Å². The van der Waals surface area contributed by atoms with E-state index in [9.17, 15) is 13.2 Å². The number of para-hydroxylation sites is 1. The molecule has 5 aromatic rings. The molecule has 0 fully saturated rings. The van der Waals surface area contributed by atoms with Crippen LogP contribution in [0.1, 0.15) is 44.9 Å². The molecule has 0 spiro atoms. The fraction of sp³-hybridized carbons (Fsp3) is 0.265. The predicted octanol–water partition coefficient (Wildman–Crippen LogP) is 8.62. The normalized spacial score (nSPS) is 13.1. The minimum absolute atomic E-state index is 0.0233. The molecule has 0 aliphatic rings. The number of benzene rings is 3. The Kier molecular flexibility index (Phi) is 10.1. The first-order chi connectivity index (χ1) is 21.8. The minimum atomic E-state index is -4.59. The fourth-order valence-electron chi connectivity index (χ4n) is 5.86. The van der Waals surface area contributed by atoms with Crippen LogP contribution in [0.2, 0.25) is 10.3 Å². The van der Waals surface area contributed by atoms with Crippen molar-refractivity contribution in [1.82, 2.24) is 15.0 Å². The summed E-state index contributed by atoms with van der Waals surface area (Å²) in [5.41, 5.74) is -0.0178. The Balaban J connectivity index is 1.46. The van der Waals surface area contributed by atoms with Gasteiger partial charge in [-0.3, -0.25) is 0 Å². The molecule has 0 radical (unpaired) electrons. The lowest BCUT2D eigenvalue weighted by Crippen LogP contribution is -2.66. The van der Waals surface area contributed by atoms with Gasteiger partial charge in [0, 0.05) is 17.2 Å². The molecule has 0 saturated heterocycles. The van der Waals surface area contributed by atoms with Crippen molar-refractivity contribution in [3.8, 4) is 0 Å². The molecule has 46 heavy (non-hydrogen) atoms. The van der Waals surface area contributed by atoms with Gasteiger partial charge >= 0.3 is 6.18 Å². The maximum atomic E-state index is 14.4. The van der Waals surface area contributed by atoms with Crippen LogP contribution >= 0.6 is 27.5 Å². The molecule has 5 rings (SSSR count). The molecule has 0 aliphatic heterocycles. The highest BCUT2D eigenvalue weighted by Crippen LogP contribution is 2.40. The number of alkyl halides is 3. The van der Waals surface area contributed by atoms with Gasteiger partial charge < -0.3 is 15.1 Å². The average Bonchev–Trinajstić information content (AvgIpc) is 3.01. The van der Waals surface area contributed by atoms with Crippen LogP contribution in [0.25, 0.3) is 11.0 Å². The van der Waals surface area contributed by atoms with Crippen molar-refractivity contribution >= 4 is 68.8 Å². The summed E-state index contributed by atoms with van der Waals surface area (Å²) in [6.07, 6.45) is -3.00. The maximum Gasteiger partial charge on any atom is 0.418 e. The van der Waals surface area contributed by atoms with Crippen LogP contribution in [0.15, 0.2) is 95.6 Å². The number of hydrogen-bond donors (Lipinski definition) is 2. The number of nitrogens with one attached hydrogen (secondary N) is 2. The molecular formula is C34H34BrClF3N5OSi. The zero-order valence-corrected chi connectivity index (χ0v) is 29.1. The van der Waals surface area contributed by atoms with Crippen molar-refractivity contribution in [2.24, 2.45) is 0 Å². The van der Waals surface area contributed by atoms with Crippen LogP contribution in [-0.2, 0) is 10.6 Å². The second-order valence-corrected chi connectivity index (χ2v) is 17.5. The summed E-state index contributed by atoms with van der Waals surface area (Å²) < 4.78 is 50.8. The molecule has 2 heterocycles. The molecule has 0 unspecified atom stereocenters. The summed E-state index contributed by atoms with van der Waals surface area (Å²) in [7, 11) is -2.87. The molecule has 240 valence electrons. The zero-order chi connectivity index (χ0) is 33.1. The Morgan fingerprint density at radius 1 is 0.913 bits per heavy atom. The lowest BCUT2D eigenvalue weighted by Gasteiger charge is -2.43. The highest BCUT2D eigenvalue weighted by atomic mass is 79.9. The second kappa shape index (κ2) is 13.7. The highest BCUT2D eigenvalue weighted by Gasteiger charge is 2.50. The molecule has 3 aromatic carbocycles. The van der Waals surface area contributed by atoms with Crippen LogP contribution in [0.5, 0.6) is 0 Å². The van der Waals surface area contributed by atoms with Crippen LogP contribution < -0.4 is 21.0 Å². The number of rotatable bonds is 10. The second-order valence-electron chi connectivity index (χ2n) is 11.9. The quantitative estimate of drug-likeness (QED) is 0.0853. The summed E-state index contributed by atoms with van der Waals surface area (Å²) in [5.74, 6) is 0.356. The van der Waals surface area contributed by atoms with Crippen molar-refractivity contribution in [2.75, 3.05) is 23.8 Å². The first-order valence-corrected chi connectivity index (χ1v) is 17.8. The molecule has 6 nitrogen and oxygen atoms in total. The van der Waals surface area contributed by atoms with Gasteiger partial charge in [0.1, 0.15) is 5.82 Å². The van der Waals surface area contributed by atoms with Gasteiger partial charge in [0.2, 0.25) is 5.28 Å². The molecule has 12 heteroatoms. The number of pyridine rings is 1. The maximum absolute atomic E-state index is 14.4. The third-order valence-electron chi connectivity index (χ3n) is 7.85. The Hall–Kier alpha value is -3.51. The van der Waals surface area contributed by atoms with Crippen molar-refractivity contribution < 1.29 is 17.6 Å². The molecule has 0 saturated carbocycles. The van der Waals surface area contributed by atoms with Crippen molar-refractivity contribution in [3.63, 3.8) is 0 Å². The first-order valence-electron chi connectivity index (χ1n) is 14.8. The monoisotopic (exact) mass is 727 g/mol. The summed E-state index contributed by atoms with van der Waals surface area (Å²) in [4.78, 5) is 12.8. The number of aromatic nitrogens is 3. The van der Waals surface area contributed by atoms with Crippen LogP contribution in [0, 0.1) is 0 Å². The lowest BCUT2D eigenvalue weighted by atomic mass is 10.0. The van der Waals surface area contributed by atoms with E-state index < -0.39 is 26.1 Å². The molecule has 0 aliphatic carbocycles. The van der Waals surface area contributed by atoms with Crippen LogP contribution in [0.3, 0.4) is 0 Å². The number of fused-ring (bicyclic) bond motifs is 1. The third kappa shape index (κ3) is 7.07. The van der Waals surface area contributed by atoms with Gasteiger partial charge in [-0.1, -0.05) is 93.6 Å². The van der Waals surface area contributed by atoms with E-state index in [4.69, 9.17) is 16.0 Å². The van der Waals surface area contributed by atoms with E-state index in [1.54, 1.807) is 25.3 Å². The number of nitrogens with zero attached hydrogens (tertiary/aromatic N) is 3. The average molecular weight is 729 g/mol. The Morgan fingerprint density at radius 2 is 1.54 bits per heavy atom. The number of halogens is 5. The Labute approximate surface area is 281 Å². The topological polar surface area (TPSA) is 72.0 Å². The van der Waals surface area contributed by atoms with E-state index in [0.717, 1.165) is 16.4 Å². The Bertz CT molecular complexity index is 1770. The molecule has 0 bridgehead atoms. The lowest BCUT2D eigenvalue weighted by molar-refractivity contribution is -0.137. The molecule has 1 atom stereocenters. The van der Waals surface area contributed by atoms with Crippen molar-refractivity contribution in [3.05, 3.63) is 112 Å². The summed E-state index contributed by atoms with van der Waals surface area (Å²) in [5, 5.41) is 8.81. The summed E-state index contributed by atoms with van der Waals surface area (Å²) >= 11 is 9.57. The predicted molar refractivity (Wildman–Crippen MR) is 186 cm³/mol. The van der Waals surface area contributed by atoms with Crippen LogP contribution in [-0.4, -0.2) is 36.4 Å². The van der Waals surface area contributed by atoms with Gasteiger partial charge in [0.05, 0.1) is 29.3 Å². The van der Waals surface area contributed by atoms with Gasteiger partial charge in [-0.15, -0.1) is 0 Å². The van der Waals surface area contributed by atoms with E-state index in [0.29, 0.717) is 26.9 Å². The largest absolute Gasteiger partial charge is 0.418 e. The first kappa shape index (κ1) is 33.8. The van der Waals surface area contributed by atoms with E-state index in [-0.39, 0.29) is 29.2 Å². The Morgan fingerprint density at radius 3 is 2.13 bits per heavy atom. The van der Waals surface area contributed by atoms with Gasteiger partial charge in [0.25, 0.3) is 8.32 Å². The summed E-state index contributed by atoms with van der Waals surface area (Å²) in [6, 6.07) is 25.6. The highest BCUT2D eigenvalue weighted by molar-refractivity contribution is 9.10. The SMILES string of the molecule is C[C@@H](Nc1nc(Cl)nc2ncc(Br)cc12)c1cccc(C(F)(F)F)c1NCCO[Si](c1ccccc1)(c1ccccc1)C(C)(C)C. The third-order valence-corrected chi connectivity index (χ3v) is 13.5. The molecular weight excluding hydrogens is 695 g/mol. The van der Waals surface area contributed by atoms with E-state index in [2.05, 4.69) is 86.6 Å². The molecule has 0 amide bonds. The fourth-order valence-corrected chi connectivity index (χ4v) is 10.9. The smallest absolute Gasteiger partial charge is 0.406 e. The number of hydrogen-bond acceptors (Lipinski definition) is 6. The van der Waals surface area contributed by atoms with Gasteiger partial charge in [-0.25, -0.2) is 9.97 Å². The van der Waals surface area contributed by atoms with Crippen LogP contribution in [0.4, 0.5) is 24.7 Å². The van der Waals surface area contributed by atoms with E-state index in [1.807, 2.05) is 36.4 Å². The van der Waals surface area contributed by atoms with Gasteiger partial charge in [-0.2, -0.15) is 18.2 Å². The van der Waals surface area contributed by atoms with E-state index >= 15 is 0 Å². The molecule has 2 aromatic heterocycles. The van der Waals surface area contributed by atoms with Gasteiger partial charge in [-0.05, 0) is 67.6 Å². The number of anilines is 2. The van der Waals surface area contributed by atoms with Crippen molar-refractivity contribution in [2.45, 2.75) is 45.0 Å². The van der Waals surface area contributed by atoms with Gasteiger partial charge in [0.15, 0.2) is 5.65 Å². The zero-order valence-electron chi connectivity index (χ0n) is 25.8. The minimum Gasteiger partial charge on any atom is -0.406 e.